The zero-order valence-corrected chi connectivity index (χ0v) is 17.7. The molecule has 0 aromatic heterocycles. The topological polar surface area (TPSA) is 98.5 Å². The number of hydrogen-bond donors (Lipinski definition) is 2. The molecule has 0 spiro atoms. The number of carbonyl (C=O) groups excluding carboxylic acids is 1. The lowest BCUT2D eigenvalue weighted by Crippen LogP contribution is -2.17. The van der Waals surface area contributed by atoms with Crippen LogP contribution in [0.1, 0.15) is 30.9 Å². The molecule has 0 aliphatic heterocycles. The van der Waals surface area contributed by atoms with E-state index in [1.807, 2.05) is 13.8 Å². The second kappa shape index (κ2) is 7.06. The van der Waals surface area contributed by atoms with Crippen LogP contribution in [0.25, 0.3) is 0 Å². The van der Waals surface area contributed by atoms with E-state index in [-0.39, 0.29) is 28.1 Å². The summed E-state index contributed by atoms with van der Waals surface area (Å²) in [5.41, 5.74) is 1.72. The van der Waals surface area contributed by atoms with Gasteiger partial charge in [0.15, 0.2) is 0 Å². The fourth-order valence-corrected chi connectivity index (χ4v) is 4.86. The Hall–Kier alpha value is -2.09. The fourth-order valence-electron chi connectivity index (χ4n) is 3.92. The van der Waals surface area contributed by atoms with Crippen LogP contribution in [0, 0.1) is 18.3 Å². The number of nitrogens with one attached hydrogen (secondary N) is 1. The first-order valence-electron chi connectivity index (χ1n) is 8.74. The van der Waals surface area contributed by atoms with Gasteiger partial charge in [0.1, 0.15) is 5.75 Å². The van der Waals surface area contributed by atoms with E-state index in [1.54, 1.807) is 37.3 Å². The van der Waals surface area contributed by atoms with Crippen molar-refractivity contribution in [3.63, 3.8) is 0 Å². The molecular formula is C20H23ClN2O4S. The van der Waals surface area contributed by atoms with Gasteiger partial charge in [0.2, 0.25) is 15.9 Å². The first kappa shape index (κ1) is 20.6. The van der Waals surface area contributed by atoms with Gasteiger partial charge in [-0.3, -0.25) is 4.79 Å². The number of methoxy groups -OCH3 is 1. The van der Waals surface area contributed by atoms with E-state index in [9.17, 15) is 13.2 Å². The van der Waals surface area contributed by atoms with E-state index in [1.165, 1.54) is 13.2 Å². The third-order valence-electron chi connectivity index (χ3n) is 5.39. The zero-order valence-electron chi connectivity index (χ0n) is 16.1. The molecule has 28 heavy (non-hydrogen) atoms. The van der Waals surface area contributed by atoms with E-state index in [0.29, 0.717) is 22.0 Å². The number of amides is 1. The van der Waals surface area contributed by atoms with Gasteiger partial charge in [0.05, 0.1) is 23.6 Å². The van der Waals surface area contributed by atoms with E-state index < -0.39 is 10.0 Å². The summed E-state index contributed by atoms with van der Waals surface area (Å²) in [7, 11) is -2.25. The molecule has 3 rings (SSSR count). The summed E-state index contributed by atoms with van der Waals surface area (Å²) in [4.78, 5) is 13.0. The lowest BCUT2D eigenvalue weighted by atomic mass is 10.0. The van der Waals surface area contributed by atoms with Crippen LogP contribution in [-0.4, -0.2) is 21.4 Å². The standard InChI is InChI=1S/C20H23ClN2O4S/c1-11-9-12(5-8-16(11)28(22,25)26)17-18(20(17,2)3)19(24)23-14-10-13(21)6-7-15(14)27-4/h5-10,17-18H,1-4H3,(H,23,24)(H2,22,25,26)/t17-,18+/m1/s1. The Balaban J connectivity index is 1.86. The molecule has 0 heterocycles. The van der Waals surface area contributed by atoms with Crippen LogP contribution in [0.5, 0.6) is 5.75 Å². The number of halogens is 1. The van der Waals surface area contributed by atoms with Crippen molar-refractivity contribution in [1.29, 1.82) is 0 Å². The number of benzene rings is 2. The number of carbonyl (C=O) groups is 1. The van der Waals surface area contributed by atoms with E-state index in [0.717, 1.165) is 5.56 Å². The minimum Gasteiger partial charge on any atom is -0.495 e. The van der Waals surface area contributed by atoms with Gasteiger partial charge in [-0.25, -0.2) is 13.6 Å². The Kier molecular flexibility index (Phi) is 5.20. The van der Waals surface area contributed by atoms with Crippen LogP contribution in [0.4, 0.5) is 5.69 Å². The molecule has 6 nitrogen and oxygen atoms in total. The number of hydrogen-bond acceptors (Lipinski definition) is 4. The molecule has 1 saturated carbocycles. The number of aryl methyl sites for hydroxylation is 1. The van der Waals surface area contributed by atoms with E-state index in [2.05, 4.69) is 5.32 Å². The summed E-state index contributed by atoms with van der Waals surface area (Å²) in [6.07, 6.45) is 0. The van der Waals surface area contributed by atoms with Crippen molar-refractivity contribution in [2.75, 3.05) is 12.4 Å². The highest BCUT2D eigenvalue weighted by Gasteiger charge is 2.62. The predicted octanol–water partition coefficient (Wildman–Crippen LogP) is 3.68. The molecule has 0 radical (unpaired) electrons. The van der Waals surface area contributed by atoms with Gasteiger partial charge in [0, 0.05) is 10.9 Å². The molecule has 150 valence electrons. The van der Waals surface area contributed by atoms with Crippen molar-refractivity contribution < 1.29 is 17.9 Å². The van der Waals surface area contributed by atoms with Crippen LogP contribution in [0.3, 0.4) is 0 Å². The molecule has 0 saturated heterocycles. The van der Waals surface area contributed by atoms with Crippen molar-refractivity contribution >= 4 is 33.2 Å². The van der Waals surface area contributed by atoms with Crippen LogP contribution in [0.2, 0.25) is 5.02 Å². The minimum absolute atomic E-state index is 0.0362. The second-order valence-corrected chi connectivity index (χ2v) is 9.65. The van der Waals surface area contributed by atoms with Crippen LogP contribution < -0.4 is 15.2 Å². The quantitative estimate of drug-likeness (QED) is 0.767. The third kappa shape index (κ3) is 3.74. The average molecular weight is 423 g/mol. The largest absolute Gasteiger partial charge is 0.495 e. The molecule has 1 amide bonds. The van der Waals surface area contributed by atoms with Gasteiger partial charge in [-0.15, -0.1) is 0 Å². The fraction of sp³-hybridized carbons (Fsp3) is 0.350. The summed E-state index contributed by atoms with van der Waals surface area (Å²) in [5.74, 6) is 0.0895. The Morgan fingerprint density at radius 3 is 2.46 bits per heavy atom. The zero-order chi connectivity index (χ0) is 20.9. The SMILES string of the molecule is COc1ccc(Cl)cc1NC(=O)[C@@H]1[C@@H](c2ccc(S(N)(=O)=O)c(C)c2)C1(C)C. The lowest BCUT2D eigenvalue weighted by molar-refractivity contribution is -0.118. The highest BCUT2D eigenvalue weighted by molar-refractivity contribution is 7.89. The highest BCUT2D eigenvalue weighted by Crippen LogP contribution is 2.64. The van der Waals surface area contributed by atoms with E-state index in [4.69, 9.17) is 21.5 Å². The van der Waals surface area contributed by atoms with Crippen LogP contribution >= 0.6 is 11.6 Å². The maximum Gasteiger partial charge on any atom is 0.238 e. The molecule has 2 aromatic carbocycles. The number of anilines is 1. The molecule has 1 aliphatic rings. The normalized spacial score (nSPS) is 20.5. The van der Waals surface area contributed by atoms with Crippen molar-refractivity contribution in [2.45, 2.75) is 31.6 Å². The Bertz CT molecular complexity index is 1050. The number of sulfonamides is 1. The molecule has 0 unspecified atom stereocenters. The molecule has 8 heteroatoms. The van der Waals surface area contributed by atoms with Crippen molar-refractivity contribution in [3.8, 4) is 5.75 Å². The smallest absolute Gasteiger partial charge is 0.238 e. The summed E-state index contributed by atoms with van der Waals surface area (Å²) in [6.45, 7) is 5.73. The van der Waals surface area contributed by atoms with Gasteiger partial charge in [0.25, 0.3) is 0 Å². The Morgan fingerprint density at radius 1 is 1.21 bits per heavy atom. The van der Waals surface area contributed by atoms with Crippen molar-refractivity contribution in [1.82, 2.24) is 0 Å². The summed E-state index contributed by atoms with van der Waals surface area (Å²) >= 11 is 6.04. The molecular weight excluding hydrogens is 400 g/mol. The van der Waals surface area contributed by atoms with Gasteiger partial charge in [-0.1, -0.05) is 37.6 Å². The summed E-state index contributed by atoms with van der Waals surface area (Å²) in [5, 5.41) is 8.64. The van der Waals surface area contributed by atoms with Gasteiger partial charge < -0.3 is 10.1 Å². The monoisotopic (exact) mass is 422 g/mol. The summed E-state index contributed by atoms with van der Waals surface area (Å²) in [6, 6.07) is 10.1. The average Bonchev–Trinajstić information content (AvgIpc) is 3.16. The van der Waals surface area contributed by atoms with Gasteiger partial charge >= 0.3 is 0 Å². The first-order valence-corrected chi connectivity index (χ1v) is 10.7. The minimum atomic E-state index is -3.77. The van der Waals surface area contributed by atoms with Gasteiger partial charge in [-0.2, -0.15) is 0 Å². The number of rotatable bonds is 5. The Labute approximate surface area is 170 Å². The molecule has 3 N–H and O–H groups in total. The van der Waals surface area contributed by atoms with E-state index >= 15 is 0 Å². The second-order valence-electron chi connectivity index (χ2n) is 7.68. The molecule has 0 bridgehead atoms. The van der Waals surface area contributed by atoms with Crippen LogP contribution in [0.15, 0.2) is 41.3 Å². The Morgan fingerprint density at radius 2 is 1.89 bits per heavy atom. The van der Waals surface area contributed by atoms with Gasteiger partial charge in [-0.05, 0) is 47.7 Å². The first-order chi connectivity index (χ1) is 13.0. The maximum atomic E-state index is 12.9. The number of ether oxygens (including phenoxy) is 1. The molecule has 2 atom stereocenters. The van der Waals surface area contributed by atoms with Crippen molar-refractivity contribution in [2.24, 2.45) is 16.5 Å². The van der Waals surface area contributed by atoms with Crippen LogP contribution in [-0.2, 0) is 14.8 Å². The molecule has 1 aliphatic carbocycles. The molecule has 1 fully saturated rings. The highest BCUT2D eigenvalue weighted by atomic mass is 35.5. The predicted molar refractivity (Wildman–Crippen MR) is 109 cm³/mol. The lowest BCUT2D eigenvalue weighted by Gasteiger charge is -2.11. The molecule has 2 aromatic rings. The number of nitrogens with two attached hydrogens (primary N) is 1. The summed E-state index contributed by atoms with van der Waals surface area (Å²) < 4.78 is 28.5. The number of primary sulfonamides is 1. The maximum absolute atomic E-state index is 12.9. The third-order valence-corrected chi connectivity index (χ3v) is 6.70. The van der Waals surface area contributed by atoms with Crippen molar-refractivity contribution in [3.05, 3.63) is 52.5 Å².